The molecule has 0 aliphatic carbocycles. The Morgan fingerprint density at radius 2 is 2.00 bits per heavy atom. The predicted octanol–water partition coefficient (Wildman–Crippen LogP) is 4.52. The van der Waals surface area contributed by atoms with E-state index in [0.29, 0.717) is 34.8 Å². The zero-order valence-electron chi connectivity index (χ0n) is 15.5. The number of fused-ring (bicyclic) bond motifs is 1. The van der Waals surface area contributed by atoms with Gasteiger partial charge in [-0.25, -0.2) is 0 Å². The monoisotopic (exact) mass is 360 g/mol. The van der Waals surface area contributed by atoms with Crippen molar-refractivity contribution >= 4 is 33.9 Å². The Morgan fingerprint density at radius 3 is 2.63 bits per heavy atom. The van der Waals surface area contributed by atoms with E-state index in [0.717, 1.165) is 16.6 Å². The van der Waals surface area contributed by atoms with Crippen molar-refractivity contribution in [1.82, 2.24) is 4.98 Å². The molecule has 0 bridgehead atoms. The van der Waals surface area contributed by atoms with Crippen molar-refractivity contribution in [3.63, 3.8) is 0 Å². The van der Waals surface area contributed by atoms with E-state index in [1.807, 2.05) is 38.1 Å². The summed E-state index contributed by atoms with van der Waals surface area (Å²) in [7, 11) is 0. The molecule has 1 amide bonds. The molecule has 136 valence electrons. The summed E-state index contributed by atoms with van der Waals surface area (Å²) in [4.78, 5) is 16.0. The number of rotatable bonds is 5. The fourth-order valence-electron chi connectivity index (χ4n) is 2.78. The van der Waals surface area contributed by atoms with Gasteiger partial charge in [-0.15, -0.1) is 0 Å². The molecule has 0 fully saturated rings. The maximum Gasteiger partial charge on any atom is 0.221 e. The molecule has 6 heteroatoms. The average molecular weight is 360 g/mol. The Morgan fingerprint density at radius 1 is 1.26 bits per heavy atom. The number of aryl methyl sites for hydroxylation is 1. The molecule has 0 saturated heterocycles. The fraction of sp³-hybridized carbons (Fsp3) is 0.190. The van der Waals surface area contributed by atoms with Gasteiger partial charge in [-0.3, -0.25) is 9.78 Å². The molecule has 0 spiro atoms. The third kappa shape index (κ3) is 3.98. The van der Waals surface area contributed by atoms with Gasteiger partial charge in [-0.05, 0) is 32.0 Å². The molecule has 1 heterocycles. The second kappa shape index (κ2) is 7.75. The van der Waals surface area contributed by atoms with Crippen LogP contribution in [0.5, 0.6) is 5.75 Å². The Labute approximate surface area is 157 Å². The van der Waals surface area contributed by atoms with Crippen LogP contribution in [0.1, 0.15) is 25.0 Å². The van der Waals surface area contributed by atoms with E-state index in [9.17, 15) is 10.1 Å². The highest BCUT2D eigenvalue weighted by Crippen LogP contribution is 2.36. The van der Waals surface area contributed by atoms with Crippen molar-refractivity contribution in [3.8, 4) is 11.8 Å². The molecular formula is C21H20N4O2. The predicted molar refractivity (Wildman–Crippen MR) is 106 cm³/mol. The summed E-state index contributed by atoms with van der Waals surface area (Å²) in [5.74, 6) is 0.339. The van der Waals surface area contributed by atoms with Gasteiger partial charge in [0.25, 0.3) is 0 Å². The normalized spacial score (nSPS) is 10.3. The summed E-state index contributed by atoms with van der Waals surface area (Å²) in [6, 6.07) is 13.6. The molecule has 0 radical (unpaired) electrons. The third-order valence-corrected chi connectivity index (χ3v) is 4.02. The quantitative estimate of drug-likeness (QED) is 0.699. The molecule has 2 aromatic carbocycles. The van der Waals surface area contributed by atoms with E-state index in [1.165, 1.54) is 13.1 Å². The van der Waals surface area contributed by atoms with Gasteiger partial charge in [-0.1, -0.05) is 17.7 Å². The number of hydrogen-bond donors (Lipinski definition) is 2. The van der Waals surface area contributed by atoms with Crippen molar-refractivity contribution in [2.75, 3.05) is 17.2 Å². The van der Waals surface area contributed by atoms with Gasteiger partial charge in [0.15, 0.2) is 0 Å². The van der Waals surface area contributed by atoms with E-state index in [4.69, 9.17) is 4.74 Å². The minimum atomic E-state index is -0.201. The zero-order chi connectivity index (χ0) is 19.4. The first-order valence-electron chi connectivity index (χ1n) is 8.62. The van der Waals surface area contributed by atoms with Crippen LogP contribution < -0.4 is 15.4 Å². The van der Waals surface area contributed by atoms with E-state index >= 15 is 0 Å². The molecule has 0 aliphatic heterocycles. The zero-order valence-corrected chi connectivity index (χ0v) is 15.5. The number of carbonyl (C=O) groups is 1. The van der Waals surface area contributed by atoms with Gasteiger partial charge in [0.2, 0.25) is 5.91 Å². The van der Waals surface area contributed by atoms with Crippen molar-refractivity contribution in [3.05, 3.63) is 53.7 Å². The molecule has 3 aromatic rings. The molecule has 27 heavy (non-hydrogen) atoms. The van der Waals surface area contributed by atoms with Crippen LogP contribution in [0.3, 0.4) is 0 Å². The smallest absolute Gasteiger partial charge is 0.221 e. The number of amides is 1. The van der Waals surface area contributed by atoms with Crippen LogP contribution in [-0.2, 0) is 4.79 Å². The lowest BCUT2D eigenvalue weighted by Crippen LogP contribution is -2.08. The van der Waals surface area contributed by atoms with E-state index in [-0.39, 0.29) is 5.91 Å². The van der Waals surface area contributed by atoms with Crippen molar-refractivity contribution in [2.45, 2.75) is 20.8 Å². The number of benzene rings is 2. The Hall–Kier alpha value is -3.59. The summed E-state index contributed by atoms with van der Waals surface area (Å²) in [6.07, 6.45) is 1.53. The molecule has 2 N–H and O–H groups in total. The van der Waals surface area contributed by atoms with Crippen LogP contribution in [0.15, 0.2) is 42.6 Å². The molecule has 0 unspecified atom stereocenters. The topological polar surface area (TPSA) is 87.0 Å². The molecular weight excluding hydrogens is 340 g/mol. The summed E-state index contributed by atoms with van der Waals surface area (Å²) < 4.78 is 5.63. The van der Waals surface area contributed by atoms with Crippen LogP contribution in [0.25, 0.3) is 10.9 Å². The largest absolute Gasteiger partial charge is 0.492 e. The third-order valence-electron chi connectivity index (χ3n) is 4.02. The minimum absolute atomic E-state index is 0.201. The van der Waals surface area contributed by atoms with Gasteiger partial charge in [0, 0.05) is 30.3 Å². The molecule has 6 nitrogen and oxygen atoms in total. The standard InChI is InChI=1S/C21H20N4O2/c1-4-27-20-10-18-17(9-19(20)24-14(3)26)21(15(11-22)12-23-18)25-16-7-5-13(2)6-8-16/h5-10,12H,4H2,1-3H3,(H,23,25)(H,24,26). The summed E-state index contributed by atoms with van der Waals surface area (Å²) in [5.41, 5.74) is 4.28. The number of aromatic nitrogens is 1. The summed E-state index contributed by atoms with van der Waals surface area (Å²) >= 11 is 0. The number of hydrogen-bond acceptors (Lipinski definition) is 5. The van der Waals surface area contributed by atoms with Gasteiger partial charge >= 0.3 is 0 Å². The van der Waals surface area contributed by atoms with Gasteiger partial charge in [0.05, 0.1) is 29.1 Å². The Kier molecular flexibility index (Phi) is 5.23. The van der Waals surface area contributed by atoms with E-state index in [2.05, 4.69) is 21.7 Å². The Balaban J connectivity index is 2.18. The van der Waals surface area contributed by atoms with Crippen LogP contribution >= 0.6 is 0 Å². The van der Waals surface area contributed by atoms with Crippen LogP contribution in [-0.4, -0.2) is 17.5 Å². The highest BCUT2D eigenvalue weighted by Gasteiger charge is 2.14. The SMILES string of the molecule is CCOc1cc2ncc(C#N)c(Nc3ccc(C)cc3)c2cc1NC(C)=O. The number of pyridine rings is 1. The van der Waals surface area contributed by atoms with E-state index in [1.54, 1.807) is 12.1 Å². The summed E-state index contributed by atoms with van der Waals surface area (Å²) in [6.45, 7) is 5.79. The number of anilines is 3. The number of carbonyl (C=O) groups excluding carboxylic acids is 1. The number of nitrogens with zero attached hydrogens (tertiary/aromatic N) is 2. The van der Waals surface area contributed by atoms with Crippen molar-refractivity contribution in [2.24, 2.45) is 0 Å². The molecule has 0 saturated carbocycles. The number of ether oxygens (including phenoxy) is 1. The van der Waals surface area contributed by atoms with E-state index < -0.39 is 0 Å². The molecule has 0 atom stereocenters. The van der Waals surface area contributed by atoms with Gasteiger partial charge < -0.3 is 15.4 Å². The first kappa shape index (κ1) is 18.2. The fourth-order valence-corrected chi connectivity index (χ4v) is 2.78. The lowest BCUT2D eigenvalue weighted by atomic mass is 10.1. The highest BCUT2D eigenvalue weighted by atomic mass is 16.5. The number of nitrogens with one attached hydrogen (secondary N) is 2. The van der Waals surface area contributed by atoms with Gasteiger partial charge in [0.1, 0.15) is 11.8 Å². The maximum absolute atomic E-state index is 11.6. The lowest BCUT2D eigenvalue weighted by molar-refractivity contribution is -0.114. The van der Waals surface area contributed by atoms with Crippen molar-refractivity contribution < 1.29 is 9.53 Å². The first-order valence-corrected chi connectivity index (χ1v) is 8.62. The molecule has 3 rings (SSSR count). The maximum atomic E-state index is 11.6. The molecule has 0 aliphatic rings. The van der Waals surface area contributed by atoms with Crippen LogP contribution in [0.2, 0.25) is 0 Å². The van der Waals surface area contributed by atoms with Crippen LogP contribution in [0, 0.1) is 18.3 Å². The van der Waals surface area contributed by atoms with Gasteiger partial charge in [-0.2, -0.15) is 5.26 Å². The number of nitriles is 1. The Bertz CT molecular complexity index is 1040. The second-order valence-electron chi connectivity index (χ2n) is 6.13. The molecule has 1 aromatic heterocycles. The summed E-state index contributed by atoms with van der Waals surface area (Å²) in [5, 5.41) is 16.3. The lowest BCUT2D eigenvalue weighted by Gasteiger charge is -2.16. The second-order valence-corrected chi connectivity index (χ2v) is 6.13. The first-order chi connectivity index (χ1) is 13.0. The van der Waals surface area contributed by atoms with Crippen LogP contribution in [0.4, 0.5) is 17.1 Å². The average Bonchev–Trinajstić information content (AvgIpc) is 2.64. The van der Waals surface area contributed by atoms with Crippen molar-refractivity contribution in [1.29, 1.82) is 5.26 Å². The minimum Gasteiger partial charge on any atom is -0.492 e. The highest BCUT2D eigenvalue weighted by molar-refractivity contribution is 6.01.